The van der Waals surface area contributed by atoms with Crippen molar-refractivity contribution in [3.8, 4) is 17.2 Å². The molecule has 0 spiro atoms. The summed E-state index contributed by atoms with van der Waals surface area (Å²) >= 11 is 6.74. The van der Waals surface area contributed by atoms with Gasteiger partial charge in [-0.1, -0.05) is 28.6 Å². The van der Waals surface area contributed by atoms with E-state index in [4.69, 9.17) is 19.9 Å². The maximum atomic E-state index is 12.5. The molecule has 0 saturated carbocycles. The largest absolute Gasteiger partial charge is 0.490 e. The minimum atomic E-state index is -0.614. The van der Waals surface area contributed by atoms with Crippen LogP contribution in [0, 0.1) is 0 Å². The first kappa shape index (κ1) is 24.4. The zero-order valence-electron chi connectivity index (χ0n) is 16.7. The van der Waals surface area contributed by atoms with Gasteiger partial charge < -0.3 is 19.9 Å². The Labute approximate surface area is 196 Å². The van der Waals surface area contributed by atoms with Gasteiger partial charge in [-0.15, -0.1) is 0 Å². The molecule has 8 nitrogen and oxygen atoms in total. The van der Waals surface area contributed by atoms with Crippen molar-refractivity contribution in [2.75, 3.05) is 19.8 Å². The summed E-state index contributed by atoms with van der Waals surface area (Å²) < 4.78 is 17.8. The molecular formula is C21H21Br2N3O5. The molecule has 0 atom stereocenters. The number of nitrogens with one attached hydrogen (secondary N) is 1. The fourth-order valence-corrected chi connectivity index (χ4v) is 3.76. The van der Waals surface area contributed by atoms with Crippen LogP contribution in [-0.2, 0) is 4.79 Å². The fourth-order valence-electron chi connectivity index (χ4n) is 2.38. The SMILES string of the molecule is C=CCOc1ccc(C(=O)N/N=C/c2cc(Br)cc(Br)c2OCC(N)=O)cc1OCC. The van der Waals surface area contributed by atoms with Crippen molar-refractivity contribution < 1.29 is 23.8 Å². The number of hydrazone groups is 1. The van der Waals surface area contributed by atoms with Crippen molar-refractivity contribution in [1.82, 2.24) is 5.43 Å². The lowest BCUT2D eigenvalue weighted by Gasteiger charge is -2.12. The highest BCUT2D eigenvalue weighted by Gasteiger charge is 2.13. The van der Waals surface area contributed by atoms with E-state index in [1.807, 2.05) is 6.92 Å². The maximum Gasteiger partial charge on any atom is 0.271 e. The van der Waals surface area contributed by atoms with E-state index in [0.717, 1.165) is 4.47 Å². The van der Waals surface area contributed by atoms with E-state index in [2.05, 4.69) is 49.0 Å². The minimum absolute atomic E-state index is 0.298. The van der Waals surface area contributed by atoms with Crippen LogP contribution in [0.15, 0.2) is 57.0 Å². The van der Waals surface area contributed by atoms with Gasteiger partial charge in [0.15, 0.2) is 18.1 Å². The first-order valence-corrected chi connectivity index (χ1v) is 10.7. The van der Waals surface area contributed by atoms with Crippen LogP contribution in [-0.4, -0.2) is 37.8 Å². The molecule has 3 N–H and O–H groups in total. The summed E-state index contributed by atoms with van der Waals surface area (Å²) in [5.74, 6) is 0.260. The predicted octanol–water partition coefficient (Wildman–Crippen LogP) is 3.80. The first-order valence-electron chi connectivity index (χ1n) is 9.09. The van der Waals surface area contributed by atoms with Crippen LogP contribution in [0.2, 0.25) is 0 Å². The number of amides is 2. The van der Waals surface area contributed by atoms with Crippen LogP contribution < -0.4 is 25.4 Å². The predicted molar refractivity (Wildman–Crippen MR) is 125 cm³/mol. The summed E-state index contributed by atoms with van der Waals surface area (Å²) in [4.78, 5) is 23.5. The number of hydrogen-bond donors (Lipinski definition) is 2. The molecule has 10 heteroatoms. The average Bonchev–Trinajstić information content (AvgIpc) is 2.72. The number of rotatable bonds is 11. The lowest BCUT2D eigenvalue weighted by Crippen LogP contribution is -2.21. The molecule has 2 aromatic rings. The number of ether oxygens (including phenoxy) is 3. The molecule has 0 unspecified atom stereocenters. The summed E-state index contributed by atoms with van der Waals surface area (Å²) in [6.45, 7) is 5.88. The molecule has 0 fully saturated rings. The number of nitrogens with two attached hydrogens (primary N) is 1. The highest BCUT2D eigenvalue weighted by Crippen LogP contribution is 2.32. The Morgan fingerprint density at radius 2 is 1.94 bits per heavy atom. The molecule has 2 amide bonds. The number of carbonyl (C=O) groups excluding carboxylic acids is 2. The first-order chi connectivity index (χ1) is 14.8. The Morgan fingerprint density at radius 3 is 2.61 bits per heavy atom. The summed E-state index contributed by atoms with van der Waals surface area (Å²) in [5, 5.41) is 3.99. The molecule has 0 saturated heterocycles. The standard InChI is InChI=1S/C21H21Br2N3O5/c1-3-7-30-17-6-5-13(9-18(17)29-4-2)21(28)26-25-11-14-8-15(22)10-16(23)20(14)31-12-19(24)27/h3,5-6,8-11H,1,4,7,12H2,2H3,(H2,24,27)(H,26,28)/b25-11+. The van der Waals surface area contributed by atoms with Gasteiger partial charge in [0, 0.05) is 15.6 Å². The second-order valence-electron chi connectivity index (χ2n) is 5.95. The van der Waals surface area contributed by atoms with Gasteiger partial charge in [-0.3, -0.25) is 9.59 Å². The molecule has 0 aromatic heterocycles. The second kappa shape index (κ2) is 12.1. The number of hydrogen-bond acceptors (Lipinski definition) is 6. The molecular weight excluding hydrogens is 534 g/mol. The highest BCUT2D eigenvalue weighted by molar-refractivity contribution is 9.11. The number of primary amides is 1. The van der Waals surface area contributed by atoms with Crippen LogP contribution in [0.4, 0.5) is 0 Å². The second-order valence-corrected chi connectivity index (χ2v) is 7.72. The summed E-state index contributed by atoms with van der Waals surface area (Å²) in [6.07, 6.45) is 3.02. The topological polar surface area (TPSA) is 112 Å². The highest BCUT2D eigenvalue weighted by atomic mass is 79.9. The number of nitrogens with zero attached hydrogens (tertiary/aromatic N) is 1. The van der Waals surface area contributed by atoms with Crippen molar-refractivity contribution in [2.45, 2.75) is 6.92 Å². The van der Waals surface area contributed by atoms with Crippen LogP contribution >= 0.6 is 31.9 Å². The number of carbonyl (C=O) groups is 2. The Bertz CT molecular complexity index is 995. The Morgan fingerprint density at radius 1 is 1.16 bits per heavy atom. The minimum Gasteiger partial charge on any atom is -0.490 e. The number of halogens is 2. The van der Waals surface area contributed by atoms with Crippen LogP contribution in [0.1, 0.15) is 22.8 Å². The Kier molecular flexibility index (Phi) is 9.54. The van der Waals surface area contributed by atoms with E-state index in [1.54, 1.807) is 36.4 Å². The third-order valence-electron chi connectivity index (χ3n) is 3.63. The molecule has 0 bridgehead atoms. The van der Waals surface area contributed by atoms with E-state index in [-0.39, 0.29) is 6.61 Å². The zero-order chi connectivity index (χ0) is 22.8. The Balaban J connectivity index is 2.17. The van der Waals surface area contributed by atoms with Crippen LogP contribution in [0.5, 0.6) is 17.2 Å². The van der Waals surface area contributed by atoms with Crippen molar-refractivity contribution in [2.24, 2.45) is 10.8 Å². The molecule has 31 heavy (non-hydrogen) atoms. The normalized spacial score (nSPS) is 10.5. The third kappa shape index (κ3) is 7.41. The summed E-state index contributed by atoms with van der Waals surface area (Å²) in [7, 11) is 0. The van der Waals surface area contributed by atoms with Crippen molar-refractivity contribution in [1.29, 1.82) is 0 Å². The molecule has 0 radical (unpaired) electrons. The van der Waals surface area contributed by atoms with Crippen molar-refractivity contribution in [3.63, 3.8) is 0 Å². The fraction of sp³-hybridized carbons (Fsp3) is 0.190. The van der Waals surface area contributed by atoms with Crippen LogP contribution in [0.3, 0.4) is 0 Å². The van der Waals surface area contributed by atoms with E-state index in [0.29, 0.717) is 46.1 Å². The van der Waals surface area contributed by atoms with Gasteiger partial charge in [-0.25, -0.2) is 5.43 Å². The van der Waals surface area contributed by atoms with Gasteiger partial charge in [0.05, 0.1) is 17.3 Å². The smallest absolute Gasteiger partial charge is 0.271 e. The molecule has 2 aromatic carbocycles. The van der Waals surface area contributed by atoms with E-state index < -0.39 is 11.8 Å². The number of benzene rings is 2. The van der Waals surface area contributed by atoms with Gasteiger partial charge >= 0.3 is 0 Å². The van der Waals surface area contributed by atoms with Crippen molar-refractivity contribution in [3.05, 3.63) is 63.1 Å². The monoisotopic (exact) mass is 553 g/mol. The van der Waals surface area contributed by atoms with E-state index in [9.17, 15) is 9.59 Å². The van der Waals surface area contributed by atoms with Gasteiger partial charge in [-0.05, 0) is 53.2 Å². The lowest BCUT2D eigenvalue weighted by atomic mass is 10.2. The molecule has 0 heterocycles. The van der Waals surface area contributed by atoms with E-state index >= 15 is 0 Å². The third-order valence-corrected chi connectivity index (χ3v) is 4.67. The maximum absolute atomic E-state index is 12.5. The van der Waals surface area contributed by atoms with E-state index in [1.165, 1.54) is 6.21 Å². The average molecular weight is 555 g/mol. The van der Waals surface area contributed by atoms with Gasteiger partial charge in [-0.2, -0.15) is 5.10 Å². The molecule has 2 rings (SSSR count). The van der Waals surface area contributed by atoms with Gasteiger partial charge in [0.2, 0.25) is 0 Å². The van der Waals surface area contributed by atoms with Gasteiger partial charge in [0.1, 0.15) is 12.4 Å². The summed E-state index contributed by atoms with van der Waals surface area (Å²) in [6, 6.07) is 8.29. The molecule has 0 aliphatic rings. The zero-order valence-corrected chi connectivity index (χ0v) is 19.9. The van der Waals surface area contributed by atoms with Gasteiger partial charge in [0.25, 0.3) is 11.8 Å². The Hall–Kier alpha value is -2.85. The summed E-state index contributed by atoms with van der Waals surface area (Å²) in [5.41, 5.74) is 8.45. The quantitative estimate of drug-likeness (QED) is 0.249. The molecule has 164 valence electrons. The molecule has 0 aliphatic heterocycles. The van der Waals surface area contributed by atoms with Crippen molar-refractivity contribution >= 4 is 49.9 Å². The van der Waals surface area contributed by atoms with Crippen LogP contribution in [0.25, 0.3) is 0 Å². The lowest BCUT2D eigenvalue weighted by molar-refractivity contribution is -0.119. The molecule has 0 aliphatic carbocycles.